The number of ether oxygens (including phenoxy) is 1. The van der Waals surface area contributed by atoms with Crippen LogP contribution in [0.5, 0.6) is 0 Å². The Kier molecular flexibility index (Phi) is 5.94. The first-order chi connectivity index (χ1) is 10.8. The quantitative estimate of drug-likeness (QED) is 0.855. The van der Waals surface area contributed by atoms with Crippen LogP contribution in [0.2, 0.25) is 0 Å². The van der Waals surface area contributed by atoms with E-state index in [0.29, 0.717) is 12.1 Å². The number of nitrogens with one attached hydrogen (secondary N) is 1. The standard InChI is InChI=1S/C19H29N2O2/c1-15(16-9-6-5-7-10-16)20-17-11-8-13-21(14-12-17)18(22)23-19(2,3)4/h5-7,9-10,15,17,20H,2,8,11-14H2,1,3-4H3/q+1/t15-,17+/m1/s1. The van der Waals surface area contributed by atoms with Crippen LogP contribution >= 0.6 is 0 Å². The first-order valence-corrected chi connectivity index (χ1v) is 8.49. The lowest BCUT2D eigenvalue weighted by Crippen LogP contribution is -2.38. The molecule has 0 saturated carbocycles. The second-order valence-electron chi connectivity index (χ2n) is 7.04. The lowest BCUT2D eigenvalue weighted by Gasteiger charge is -2.24. The predicted octanol–water partition coefficient (Wildman–Crippen LogP) is 3.94. The molecule has 0 bridgehead atoms. The molecular weight excluding hydrogens is 288 g/mol. The van der Waals surface area contributed by atoms with Gasteiger partial charge in [-0.2, -0.15) is 0 Å². The number of carbonyl (C=O) groups is 1. The van der Waals surface area contributed by atoms with Crippen molar-refractivity contribution in [3.8, 4) is 0 Å². The molecule has 1 aliphatic heterocycles. The zero-order chi connectivity index (χ0) is 16.9. The summed E-state index contributed by atoms with van der Waals surface area (Å²) in [7, 11) is 0. The molecule has 1 fully saturated rings. The van der Waals surface area contributed by atoms with Gasteiger partial charge in [-0.05, 0) is 31.7 Å². The van der Waals surface area contributed by atoms with Gasteiger partial charge in [0.2, 0.25) is 5.60 Å². The van der Waals surface area contributed by atoms with E-state index in [9.17, 15) is 4.79 Å². The summed E-state index contributed by atoms with van der Waals surface area (Å²) in [6.07, 6.45) is 2.77. The van der Waals surface area contributed by atoms with Crippen molar-refractivity contribution in [1.82, 2.24) is 10.2 Å². The lowest BCUT2D eigenvalue weighted by atomic mass is 10.0. The minimum atomic E-state index is -0.678. The number of likely N-dealkylation sites (tertiary alicyclic amines) is 1. The van der Waals surface area contributed by atoms with Crippen molar-refractivity contribution in [2.24, 2.45) is 0 Å². The van der Waals surface area contributed by atoms with Crippen LogP contribution in [-0.2, 0) is 4.74 Å². The van der Waals surface area contributed by atoms with Gasteiger partial charge in [0.1, 0.15) is 6.92 Å². The molecule has 1 heterocycles. The fourth-order valence-electron chi connectivity index (χ4n) is 2.94. The van der Waals surface area contributed by atoms with Gasteiger partial charge >= 0.3 is 6.09 Å². The Bertz CT molecular complexity index is 496. The van der Waals surface area contributed by atoms with E-state index in [1.807, 2.05) is 11.0 Å². The van der Waals surface area contributed by atoms with Gasteiger partial charge in [-0.15, -0.1) is 0 Å². The molecule has 0 aromatic heterocycles. The van der Waals surface area contributed by atoms with Crippen LogP contribution in [0, 0.1) is 6.92 Å². The molecule has 2 rings (SSSR count). The third kappa shape index (κ3) is 5.79. The molecule has 1 saturated heterocycles. The first kappa shape index (κ1) is 17.7. The summed E-state index contributed by atoms with van der Waals surface area (Å²) in [6, 6.07) is 11.2. The highest BCUT2D eigenvalue weighted by atomic mass is 16.6. The summed E-state index contributed by atoms with van der Waals surface area (Å²) in [5.41, 5.74) is 0.620. The van der Waals surface area contributed by atoms with E-state index in [-0.39, 0.29) is 6.09 Å². The Morgan fingerprint density at radius 2 is 2.00 bits per heavy atom. The average molecular weight is 317 g/mol. The van der Waals surface area contributed by atoms with Gasteiger partial charge in [0.25, 0.3) is 0 Å². The molecule has 4 nitrogen and oxygen atoms in total. The second-order valence-corrected chi connectivity index (χ2v) is 7.04. The fraction of sp³-hybridized carbons (Fsp3) is 0.579. The maximum atomic E-state index is 12.2. The minimum Gasteiger partial charge on any atom is -0.403 e. The number of hydrogen-bond acceptors (Lipinski definition) is 3. The summed E-state index contributed by atoms with van der Waals surface area (Å²) in [5.74, 6) is 0. The number of amides is 1. The highest BCUT2D eigenvalue weighted by Gasteiger charge is 2.28. The maximum Gasteiger partial charge on any atom is 0.413 e. The van der Waals surface area contributed by atoms with Gasteiger partial charge in [0.05, 0.1) is 0 Å². The first-order valence-electron chi connectivity index (χ1n) is 8.49. The Hall–Kier alpha value is -1.68. The van der Waals surface area contributed by atoms with E-state index in [2.05, 4.69) is 43.4 Å². The molecule has 1 aliphatic rings. The zero-order valence-corrected chi connectivity index (χ0v) is 14.5. The summed E-state index contributed by atoms with van der Waals surface area (Å²) < 4.78 is 5.37. The molecule has 23 heavy (non-hydrogen) atoms. The lowest BCUT2D eigenvalue weighted by molar-refractivity contribution is 0.0402. The molecule has 0 aliphatic carbocycles. The Labute approximate surface area is 140 Å². The summed E-state index contributed by atoms with van der Waals surface area (Å²) >= 11 is 0. The van der Waals surface area contributed by atoms with Crippen molar-refractivity contribution in [2.45, 2.75) is 57.7 Å². The van der Waals surface area contributed by atoms with E-state index in [1.54, 1.807) is 13.8 Å². The second kappa shape index (κ2) is 7.73. The van der Waals surface area contributed by atoms with Crippen molar-refractivity contribution in [3.63, 3.8) is 0 Å². The minimum absolute atomic E-state index is 0.248. The summed E-state index contributed by atoms with van der Waals surface area (Å²) in [5, 5.41) is 3.69. The molecule has 0 spiro atoms. The third-order valence-electron chi connectivity index (χ3n) is 4.14. The van der Waals surface area contributed by atoms with Gasteiger partial charge in [0.15, 0.2) is 0 Å². The smallest absolute Gasteiger partial charge is 0.403 e. The van der Waals surface area contributed by atoms with Gasteiger partial charge in [0, 0.05) is 39.0 Å². The van der Waals surface area contributed by atoms with Crippen LogP contribution in [0.25, 0.3) is 0 Å². The van der Waals surface area contributed by atoms with Crippen molar-refractivity contribution < 1.29 is 9.53 Å². The number of nitrogens with zero attached hydrogens (tertiary/aromatic N) is 1. The Morgan fingerprint density at radius 3 is 2.65 bits per heavy atom. The highest BCUT2D eigenvalue weighted by Crippen LogP contribution is 2.19. The fourth-order valence-corrected chi connectivity index (χ4v) is 2.94. The van der Waals surface area contributed by atoms with Crippen LogP contribution in [0.4, 0.5) is 4.79 Å². The molecule has 0 unspecified atom stereocenters. The van der Waals surface area contributed by atoms with Crippen LogP contribution in [-0.4, -0.2) is 35.7 Å². The van der Waals surface area contributed by atoms with Gasteiger partial charge in [-0.1, -0.05) is 30.3 Å². The average Bonchev–Trinajstić information content (AvgIpc) is 2.72. The molecule has 1 N–H and O–H groups in total. The summed E-state index contributed by atoms with van der Waals surface area (Å²) in [6.45, 7) is 11.1. The van der Waals surface area contributed by atoms with Gasteiger partial charge in [-0.3, -0.25) is 0 Å². The van der Waals surface area contributed by atoms with Gasteiger partial charge < -0.3 is 15.0 Å². The highest BCUT2D eigenvalue weighted by molar-refractivity contribution is 5.68. The van der Waals surface area contributed by atoms with E-state index in [1.165, 1.54) is 5.56 Å². The number of benzene rings is 1. The number of hydrogen-bond donors (Lipinski definition) is 1. The SMILES string of the molecule is [CH2+]C(C)(C)OC(=O)N1CCC[C@H](N[C@H](C)c2ccccc2)CC1. The van der Waals surface area contributed by atoms with Crippen molar-refractivity contribution >= 4 is 6.09 Å². The molecule has 1 aromatic rings. The van der Waals surface area contributed by atoms with Crippen LogP contribution in [0.15, 0.2) is 30.3 Å². The number of rotatable bonds is 4. The third-order valence-corrected chi connectivity index (χ3v) is 4.14. The van der Waals surface area contributed by atoms with E-state index in [0.717, 1.165) is 32.4 Å². The van der Waals surface area contributed by atoms with Crippen molar-refractivity contribution in [1.29, 1.82) is 0 Å². The molecule has 1 amide bonds. The Morgan fingerprint density at radius 1 is 1.30 bits per heavy atom. The van der Waals surface area contributed by atoms with Crippen molar-refractivity contribution in [2.75, 3.05) is 13.1 Å². The topological polar surface area (TPSA) is 41.6 Å². The normalized spacial score (nSPS) is 20.7. The molecular formula is C19H29N2O2+. The molecule has 1 aromatic carbocycles. The Balaban J connectivity index is 1.85. The molecule has 4 heteroatoms. The van der Waals surface area contributed by atoms with E-state index >= 15 is 0 Å². The summed E-state index contributed by atoms with van der Waals surface area (Å²) in [4.78, 5) is 14.0. The maximum absolute atomic E-state index is 12.2. The van der Waals surface area contributed by atoms with Crippen LogP contribution in [0.1, 0.15) is 51.6 Å². The molecule has 2 atom stereocenters. The predicted molar refractivity (Wildman–Crippen MR) is 93.1 cm³/mol. The van der Waals surface area contributed by atoms with Crippen LogP contribution < -0.4 is 5.32 Å². The van der Waals surface area contributed by atoms with Crippen LogP contribution in [0.3, 0.4) is 0 Å². The molecule has 126 valence electrons. The van der Waals surface area contributed by atoms with E-state index < -0.39 is 5.60 Å². The monoisotopic (exact) mass is 317 g/mol. The largest absolute Gasteiger partial charge is 0.413 e. The zero-order valence-electron chi connectivity index (χ0n) is 14.5. The van der Waals surface area contributed by atoms with E-state index in [4.69, 9.17) is 4.74 Å². The molecule has 0 radical (unpaired) electrons. The number of carbonyl (C=O) groups excluding carboxylic acids is 1. The van der Waals surface area contributed by atoms with Gasteiger partial charge in [-0.25, -0.2) is 4.79 Å². The van der Waals surface area contributed by atoms with Crippen molar-refractivity contribution in [3.05, 3.63) is 42.8 Å².